The summed E-state index contributed by atoms with van der Waals surface area (Å²) in [4.78, 5) is 25.7. The van der Waals surface area contributed by atoms with Crippen LogP contribution in [0.3, 0.4) is 0 Å². The Balaban J connectivity index is 0.00000625. The molecule has 0 aromatic rings. The highest BCUT2D eigenvalue weighted by atomic mass is 35.5. The lowest BCUT2D eigenvalue weighted by molar-refractivity contribution is -0.227. The number of halogens is 4. The number of imide groups is 1. The highest BCUT2D eigenvalue weighted by molar-refractivity contribution is 6.00. The second-order valence-electron chi connectivity index (χ2n) is 7.24. The Morgan fingerprint density at radius 2 is 1.73 bits per heavy atom. The fourth-order valence-electron chi connectivity index (χ4n) is 3.14. The third kappa shape index (κ3) is 6.07. The van der Waals surface area contributed by atoms with Crippen molar-refractivity contribution in [2.24, 2.45) is 17.6 Å². The number of hydrogen-bond acceptors (Lipinski definition) is 5. The summed E-state index contributed by atoms with van der Waals surface area (Å²) in [7, 11) is 0. The molecule has 1 heterocycles. The number of nitrogens with zero attached hydrogens (tertiary/aromatic N) is 1. The van der Waals surface area contributed by atoms with Gasteiger partial charge in [0.15, 0.2) is 6.10 Å². The van der Waals surface area contributed by atoms with Gasteiger partial charge in [0.2, 0.25) is 11.8 Å². The molecule has 1 saturated heterocycles. The van der Waals surface area contributed by atoms with Crippen molar-refractivity contribution in [1.82, 2.24) is 10.2 Å². The fraction of sp³-hybridized carbons (Fsp3) is 0.875. The van der Waals surface area contributed by atoms with E-state index in [0.29, 0.717) is 12.8 Å². The highest BCUT2D eigenvalue weighted by Crippen LogP contribution is 2.32. The molecule has 154 valence electrons. The lowest BCUT2D eigenvalue weighted by Gasteiger charge is -2.38. The first-order valence-electron chi connectivity index (χ1n) is 8.48. The molecule has 0 saturated carbocycles. The van der Waals surface area contributed by atoms with Crippen molar-refractivity contribution in [2.45, 2.75) is 70.9 Å². The van der Waals surface area contributed by atoms with Crippen molar-refractivity contribution in [1.29, 1.82) is 0 Å². The van der Waals surface area contributed by atoms with E-state index in [-0.39, 0.29) is 24.9 Å². The molecule has 4 N–H and O–H groups in total. The van der Waals surface area contributed by atoms with Gasteiger partial charge in [-0.1, -0.05) is 27.7 Å². The van der Waals surface area contributed by atoms with Crippen LogP contribution in [0.2, 0.25) is 0 Å². The van der Waals surface area contributed by atoms with Crippen LogP contribution in [0, 0.1) is 11.8 Å². The van der Waals surface area contributed by atoms with Crippen LogP contribution in [0.25, 0.3) is 0 Å². The number of hydrogen-bond donors (Lipinski definition) is 3. The van der Waals surface area contributed by atoms with Crippen LogP contribution >= 0.6 is 12.4 Å². The first-order chi connectivity index (χ1) is 11.4. The van der Waals surface area contributed by atoms with Crippen molar-refractivity contribution in [3.8, 4) is 0 Å². The Bertz CT molecular complexity index is 489. The lowest BCUT2D eigenvalue weighted by atomic mass is 9.95. The standard InChI is InChI=1S/C16H28F3N3O3.ClH/c1-8(2)11(20)15(25)21-14(24)10-6-5-7-22(10)12(9(3)4)13(23)16(17,18)19;/h8-13,23H,5-7,20H2,1-4H3,(H,21,24,25);1H/t10-,11-,12-,13-;/m0./s1. The summed E-state index contributed by atoms with van der Waals surface area (Å²) in [6.07, 6.45) is -6.51. The third-order valence-corrected chi connectivity index (χ3v) is 4.59. The zero-order chi connectivity index (χ0) is 19.5. The molecule has 0 aliphatic carbocycles. The van der Waals surface area contributed by atoms with Crippen LogP contribution in [0.1, 0.15) is 40.5 Å². The predicted octanol–water partition coefficient (Wildman–Crippen LogP) is 1.45. The van der Waals surface area contributed by atoms with Crippen molar-refractivity contribution < 1.29 is 27.9 Å². The zero-order valence-corrected chi connectivity index (χ0v) is 16.2. The quantitative estimate of drug-likeness (QED) is 0.623. The average Bonchev–Trinajstić information content (AvgIpc) is 2.94. The summed E-state index contributed by atoms with van der Waals surface area (Å²) in [5.41, 5.74) is 5.69. The van der Waals surface area contributed by atoms with Crippen LogP contribution < -0.4 is 11.1 Å². The first kappa shape index (κ1) is 25.1. The molecule has 0 radical (unpaired) electrons. The number of carbonyl (C=O) groups excluding carboxylic acids is 2. The van der Waals surface area contributed by atoms with E-state index < -0.39 is 48.1 Å². The second kappa shape index (κ2) is 9.87. The Kier molecular flexibility index (Phi) is 9.53. The minimum atomic E-state index is -4.78. The van der Waals surface area contributed by atoms with E-state index >= 15 is 0 Å². The molecular weight excluding hydrogens is 375 g/mol. The van der Waals surface area contributed by atoms with E-state index in [0.717, 1.165) is 0 Å². The highest BCUT2D eigenvalue weighted by Gasteiger charge is 2.50. The van der Waals surface area contributed by atoms with Gasteiger partial charge in [0.05, 0.1) is 12.1 Å². The predicted molar refractivity (Wildman–Crippen MR) is 93.6 cm³/mol. The third-order valence-electron chi connectivity index (χ3n) is 4.59. The molecule has 0 unspecified atom stereocenters. The van der Waals surface area contributed by atoms with Crippen molar-refractivity contribution >= 4 is 24.2 Å². The topological polar surface area (TPSA) is 95.7 Å². The summed E-state index contributed by atoms with van der Waals surface area (Å²) in [6.45, 7) is 6.83. The Morgan fingerprint density at radius 3 is 2.15 bits per heavy atom. The van der Waals surface area contributed by atoms with Crippen molar-refractivity contribution in [3.63, 3.8) is 0 Å². The Hall–Kier alpha value is -0.900. The maximum absolute atomic E-state index is 13.0. The molecule has 0 bridgehead atoms. The van der Waals surface area contributed by atoms with Crippen LogP contribution in [-0.4, -0.2) is 58.8 Å². The smallest absolute Gasteiger partial charge is 0.382 e. The van der Waals surface area contributed by atoms with Crippen LogP contribution in [0.4, 0.5) is 13.2 Å². The fourth-order valence-corrected chi connectivity index (χ4v) is 3.14. The number of carbonyl (C=O) groups is 2. The Labute approximate surface area is 158 Å². The maximum Gasteiger partial charge on any atom is 0.415 e. The van der Waals surface area contributed by atoms with E-state index in [4.69, 9.17) is 5.73 Å². The first-order valence-corrected chi connectivity index (χ1v) is 8.48. The van der Waals surface area contributed by atoms with Crippen molar-refractivity contribution in [2.75, 3.05) is 6.54 Å². The van der Waals surface area contributed by atoms with Gasteiger partial charge in [0.25, 0.3) is 0 Å². The number of amides is 2. The molecule has 1 rings (SSSR count). The summed E-state index contributed by atoms with van der Waals surface area (Å²) in [5.74, 6) is -2.02. The number of rotatable bonds is 6. The summed E-state index contributed by atoms with van der Waals surface area (Å²) in [5, 5.41) is 11.9. The van der Waals surface area contributed by atoms with Crippen LogP contribution in [0.15, 0.2) is 0 Å². The summed E-state index contributed by atoms with van der Waals surface area (Å²) < 4.78 is 39.0. The Morgan fingerprint density at radius 1 is 1.19 bits per heavy atom. The van der Waals surface area contributed by atoms with Crippen LogP contribution in [0.5, 0.6) is 0 Å². The SMILES string of the molecule is CC(C)[C@H](N)C(=O)NC(=O)[C@@H]1CCCN1[C@@H](C(C)C)[C@H](O)C(F)(F)F.Cl. The molecule has 1 fully saturated rings. The molecule has 0 spiro atoms. The minimum Gasteiger partial charge on any atom is -0.382 e. The molecule has 6 nitrogen and oxygen atoms in total. The molecule has 0 aromatic carbocycles. The average molecular weight is 404 g/mol. The van der Waals surface area contributed by atoms with Gasteiger partial charge in [-0.05, 0) is 31.2 Å². The van der Waals surface area contributed by atoms with Crippen molar-refractivity contribution in [3.05, 3.63) is 0 Å². The maximum atomic E-state index is 13.0. The van der Waals surface area contributed by atoms with E-state index in [9.17, 15) is 27.9 Å². The van der Waals surface area contributed by atoms with E-state index in [1.54, 1.807) is 27.7 Å². The number of nitrogens with two attached hydrogens (primary N) is 1. The van der Waals surface area contributed by atoms with Gasteiger partial charge in [-0.2, -0.15) is 13.2 Å². The van der Waals surface area contributed by atoms with Gasteiger partial charge < -0.3 is 10.8 Å². The molecule has 0 aromatic heterocycles. The number of nitrogens with one attached hydrogen (secondary N) is 1. The van der Waals surface area contributed by atoms with Gasteiger partial charge in [-0.3, -0.25) is 19.8 Å². The van der Waals surface area contributed by atoms with Gasteiger partial charge in [0.1, 0.15) is 0 Å². The minimum absolute atomic E-state index is 0. The molecule has 4 atom stereocenters. The molecule has 1 aliphatic rings. The lowest BCUT2D eigenvalue weighted by Crippen LogP contribution is -2.58. The molecule has 2 amide bonds. The largest absolute Gasteiger partial charge is 0.415 e. The molecular formula is C16H29ClF3N3O3. The summed E-state index contributed by atoms with van der Waals surface area (Å²) in [6, 6.07) is -3.03. The molecule has 26 heavy (non-hydrogen) atoms. The number of aliphatic hydroxyl groups excluding tert-OH is 1. The molecule has 10 heteroatoms. The zero-order valence-electron chi connectivity index (χ0n) is 15.4. The second-order valence-corrected chi connectivity index (χ2v) is 7.24. The van der Waals surface area contributed by atoms with Gasteiger partial charge in [-0.15, -0.1) is 12.4 Å². The van der Waals surface area contributed by atoms with E-state index in [2.05, 4.69) is 5.32 Å². The van der Waals surface area contributed by atoms with Gasteiger partial charge in [0, 0.05) is 6.04 Å². The number of alkyl halides is 3. The number of aliphatic hydroxyl groups is 1. The monoisotopic (exact) mass is 403 g/mol. The van der Waals surface area contributed by atoms with Gasteiger partial charge in [-0.25, -0.2) is 0 Å². The molecule has 1 aliphatic heterocycles. The van der Waals surface area contributed by atoms with E-state index in [1.807, 2.05) is 0 Å². The number of likely N-dealkylation sites (tertiary alicyclic amines) is 1. The van der Waals surface area contributed by atoms with Gasteiger partial charge >= 0.3 is 6.18 Å². The normalized spacial score (nSPS) is 22.0. The summed E-state index contributed by atoms with van der Waals surface area (Å²) >= 11 is 0. The van der Waals surface area contributed by atoms with E-state index in [1.165, 1.54) is 4.90 Å². The van der Waals surface area contributed by atoms with Crippen LogP contribution in [-0.2, 0) is 9.59 Å².